The molecule has 0 spiro atoms. The molecule has 2 saturated heterocycles. The highest BCUT2D eigenvalue weighted by Crippen LogP contribution is 2.24. The number of amides is 1. The van der Waals surface area contributed by atoms with Crippen molar-refractivity contribution in [3.05, 3.63) is 29.2 Å². The zero-order valence-electron chi connectivity index (χ0n) is 13.3. The van der Waals surface area contributed by atoms with E-state index < -0.39 is 0 Å². The second-order valence-electron chi connectivity index (χ2n) is 6.15. The lowest BCUT2D eigenvalue weighted by Gasteiger charge is -2.24. The van der Waals surface area contributed by atoms with E-state index in [9.17, 15) is 4.79 Å². The predicted octanol–water partition coefficient (Wildman–Crippen LogP) is 0.821. The summed E-state index contributed by atoms with van der Waals surface area (Å²) in [5, 5.41) is 8.01. The summed E-state index contributed by atoms with van der Waals surface area (Å²) in [5.74, 6) is 0.222. The third kappa shape index (κ3) is 2.60. The van der Waals surface area contributed by atoms with Gasteiger partial charge in [-0.3, -0.25) is 4.79 Å². The lowest BCUT2D eigenvalue weighted by molar-refractivity contribution is -0.128. The van der Waals surface area contributed by atoms with Gasteiger partial charge in [0.2, 0.25) is 5.91 Å². The van der Waals surface area contributed by atoms with Crippen molar-refractivity contribution in [2.75, 3.05) is 26.2 Å². The molecule has 122 valence electrons. The third-order valence-electron chi connectivity index (χ3n) is 4.62. The number of fused-ring (bicyclic) bond motifs is 1. The summed E-state index contributed by atoms with van der Waals surface area (Å²) in [6.07, 6.45) is 3.38. The molecule has 2 aromatic heterocycles. The molecule has 0 saturated carbocycles. The van der Waals surface area contributed by atoms with Gasteiger partial charge in [0.15, 0.2) is 5.65 Å². The van der Waals surface area contributed by atoms with Crippen LogP contribution in [0, 0.1) is 6.92 Å². The quantitative estimate of drug-likeness (QED) is 0.908. The smallest absolute Gasteiger partial charge is 0.222 e. The van der Waals surface area contributed by atoms with Gasteiger partial charge < -0.3 is 15.0 Å². The number of morpholine rings is 1. The molecule has 7 heteroatoms. The largest absolute Gasteiger partial charge is 0.369 e. The van der Waals surface area contributed by atoms with E-state index in [0.717, 1.165) is 48.7 Å². The predicted molar refractivity (Wildman–Crippen MR) is 83.9 cm³/mol. The number of ether oxygens (including phenoxy) is 1. The normalized spacial score (nSPS) is 22.2. The zero-order chi connectivity index (χ0) is 15.8. The Morgan fingerprint density at radius 3 is 3.13 bits per heavy atom. The summed E-state index contributed by atoms with van der Waals surface area (Å²) in [7, 11) is 0. The minimum atomic E-state index is -0.0187. The summed E-state index contributed by atoms with van der Waals surface area (Å²) < 4.78 is 7.73. The maximum absolute atomic E-state index is 11.9. The summed E-state index contributed by atoms with van der Waals surface area (Å²) in [5.41, 5.74) is 3.79. The molecule has 0 bridgehead atoms. The van der Waals surface area contributed by atoms with E-state index in [1.165, 1.54) is 0 Å². The molecule has 2 aromatic rings. The molecule has 2 fully saturated rings. The van der Waals surface area contributed by atoms with E-state index in [1.54, 1.807) is 6.20 Å². The van der Waals surface area contributed by atoms with Crippen LogP contribution in [0.1, 0.15) is 35.9 Å². The summed E-state index contributed by atoms with van der Waals surface area (Å²) in [6, 6.07) is 1.96. The van der Waals surface area contributed by atoms with E-state index in [4.69, 9.17) is 4.74 Å². The van der Waals surface area contributed by atoms with E-state index in [1.807, 2.05) is 22.4 Å². The fourth-order valence-electron chi connectivity index (χ4n) is 3.36. The summed E-state index contributed by atoms with van der Waals surface area (Å²) in [6.45, 7) is 5.75. The van der Waals surface area contributed by atoms with Crippen LogP contribution in [0.5, 0.6) is 0 Å². The van der Waals surface area contributed by atoms with Gasteiger partial charge in [-0.25, -0.2) is 9.50 Å². The third-order valence-corrected chi connectivity index (χ3v) is 4.62. The molecular formula is C16H21N5O2. The maximum atomic E-state index is 11.9. The lowest BCUT2D eigenvalue weighted by Crippen LogP contribution is -2.34. The van der Waals surface area contributed by atoms with Gasteiger partial charge in [-0.1, -0.05) is 0 Å². The Morgan fingerprint density at radius 2 is 2.39 bits per heavy atom. The number of nitrogens with zero attached hydrogens (tertiary/aromatic N) is 4. The summed E-state index contributed by atoms with van der Waals surface area (Å²) in [4.78, 5) is 18.3. The molecular weight excluding hydrogens is 294 g/mol. The monoisotopic (exact) mass is 315 g/mol. The van der Waals surface area contributed by atoms with Crippen molar-refractivity contribution in [2.24, 2.45) is 0 Å². The Morgan fingerprint density at radius 1 is 1.48 bits per heavy atom. The second-order valence-corrected chi connectivity index (χ2v) is 6.15. The van der Waals surface area contributed by atoms with Crippen LogP contribution in [0.25, 0.3) is 5.65 Å². The number of hydrogen-bond acceptors (Lipinski definition) is 5. The van der Waals surface area contributed by atoms with Crippen LogP contribution < -0.4 is 5.32 Å². The van der Waals surface area contributed by atoms with Gasteiger partial charge in [-0.15, -0.1) is 0 Å². The Hall–Kier alpha value is -1.99. The highest BCUT2D eigenvalue weighted by molar-refractivity contribution is 5.78. The van der Waals surface area contributed by atoms with Crippen molar-refractivity contribution in [1.29, 1.82) is 0 Å². The number of aromatic nitrogens is 3. The van der Waals surface area contributed by atoms with Gasteiger partial charge in [0.25, 0.3) is 0 Å². The average molecular weight is 315 g/mol. The number of rotatable bonds is 3. The molecule has 2 aliphatic rings. The van der Waals surface area contributed by atoms with Crippen molar-refractivity contribution in [3.63, 3.8) is 0 Å². The van der Waals surface area contributed by atoms with E-state index in [2.05, 4.69) is 15.4 Å². The van der Waals surface area contributed by atoms with E-state index in [-0.39, 0.29) is 12.0 Å². The van der Waals surface area contributed by atoms with Gasteiger partial charge in [-0.05, 0) is 19.4 Å². The second kappa shape index (κ2) is 5.90. The van der Waals surface area contributed by atoms with Gasteiger partial charge >= 0.3 is 0 Å². The van der Waals surface area contributed by atoms with E-state index in [0.29, 0.717) is 19.6 Å². The molecule has 0 aromatic carbocycles. The number of likely N-dealkylation sites (tertiary alicyclic amines) is 1. The topological polar surface area (TPSA) is 71.8 Å². The standard InChI is InChI=1S/C16H21N5O2/c1-11-12(10-20-7-2-3-15(20)22)16-18-5-4-13(21(16)19-11)14-9-17-6-8-23-14/h4-5,14,17H,2-3,6-10H2,1H3. The van der Waals surface area contributed by atoms with Crippen LogP contribution in [0.3, 0.4) is 0 Å². The van der Waals surface area contributed by atoms with Crippen molar-refractivity contribution in [3.8, 4) is 0 Å². The molecule has 0 aliphatic carbocycles. The Labute approximate surface area is 134 Å². The molecule has 2 aliphatic heterocycles. The highest BCUT2D eigenvalue weighted by Gasteiger charge is 2.25. The van der Waals surface area contributed by atoms with Gasteiger partial charge in [-0.2, -0.15) is 5.10 Å². The van der Waals surface area contributed by atoms with Crippen molar-refractivity contribution >= 4 is 11.6 Å². The molecule has 1 atom stereocenters. The van der Waals surface area contributed by atoms with Crippen LogP contribution in [0.15, 0.2) is 12.3 Å². The Bertz CT molecular complexity index is 735. The van der Waals surface area contributed by atoms with Crippen LogP contribution in [-0.4, -0.2) is 51.6 Å². The van der Waals surface area contributed by atoms with Gasteiger partial charge in [0, 0.05) is 37.8 Å². The molecule has 4 heterocycles. The van der Waals surface area contributed by atoms with Crippen LogP contribution in [-0.2, 0) is 16.1 Å². The van der Waals surface area contributed by atoms with E-state index >= 15 is 0 Å². The fraction of sp³-hybridized carbons (Fsp3) is 0.562. The minimum absolute atomic E-state index is 0.0187. The Balaban J connectivity index is 1.71. The molecule has 1 unspecified atom stereocenters. The van der Waals surface area contributed by atoms with Crippen LogP contribution >= 0.6 is 0 Å². The SMILES string of the molecule is Cc1nn2c(C3CNCCO3)ccnc2c1CN1CCCC1=O. The molecule has 4 rings (SSSR count). The molecule has 1 N–H and O–H groups in total. The molecule has 23 heavy (non-hydrogen) atoms. The highest BCUT2D eigenvalue weighted by atomic mass is 16.5. The van der Waals surface area contributed by atoms with Crippen molar-refractivity contribution < 1.29 is 9.53 Å². The first-order valence-corrected chi connectivity index (χ1v) is 8.17. The Kier molecular flexibility index (Phi) is 3.74. The number of carbonyl (C=O) groups excluding carboxylic acids is 1. The van der Waals surface area contributed by atoms with Crippen molar-refractivity contribution in [1.82, 2.24) is 24.8 Å². The fourth-order valence-corrected chi connectivity index (χ4v) is 3.36. The number of nitrogens with one attached hydrogen (secondary N) is 1. The number of carbonyl (C=O) groups is 1. The molecule has 0 radical (unpaired) electrons. The number of aryl methyl sites for hydroxylation is 1. The first-order valence-electron chi connectivity index (χ1n) is 8.17. The lowest BCUT2D eigenvalue weighted by atomic mass is 10.2. The van der Waals surface area contributed by atoms with Gasteiger partial charge in [0.05, 0.1) is 24.5 Å². The average Bonchev–Trinajstić information content (AvgIpc) is 3.12. The molecule has 1 amide bonds. The number of hydrogen-bond donors (Lipinski definition) is 1. The van der Waals surface area contributed by atoms with Crippen molar-refractivity contribution in [2.45, 2.75) is 32.4 Å². The van der Waals surface area contributed by atoms with Crippen LogP contribution in [0.4, 0.5) is 0 Å². The van der Waals surface area contributed by atoms with Gasteiger partial charge in [0.1, 0.15) is 6.10 Å². The summed E-state index contributed by atoms with van der Waals surface area (Å²) >= 11 is 0. The zero-order valence-corrected chi connectivity index (χ0v) is 13.3. The first-order chi connectivity index (χ1) is 11.2. The molecule has 7 nitrogen and oxygen atoms in total. The first kappa shape index (κ1) is 14.6. The maximum Gasteiger partial charge on any atom is 0.222 e. The van der Waals surface area contributed by atoms with Crippen LogP contribution in [0.2, 0.25) is 0 Å². The minimum Gasteiger partial charge on any atom is -0.369 e.